The van der Waals surface area contributed by atoms with Gasteiger partial charge in [0.1, 0.15) is 0 Å². The van der Waals surface area contributed by atoms with E-state index in [0.29, 0.717) is 5.89 Å². The quantitative estimate of drug-likeness (QED) is 0.652. The van der Waals surface area contributed by atoms with Gasteiger partial charge in [-0.05, 0) is 24.4 Å². The zero-order chi connectivity index (χ0) is 11.0. The Morgan fingerprint density at radius 2 is 2.06 bits per heavy atom. The number of benzene rings is 1. The Bertz CT molecular complexity index is 696. The van der Waals surface area contributed by atoms with Crippen molar-refractivity contribution in [2.45, 2.75) is 0 Å². The normalized spacial score (nSPS) is 10.8. The molecule has 0 fully saturated rings. The first-order chi connectivity index (χ1) is 7.84. The predicted molar refractivity (Wildman–Crippen MR) is 62.4 cm³/mol. The van der Waals surface area contributed by atoms with Crippen LogP contribution in [0.15, 0.2) is 40.9 Å². The number of aromatic amines is 1. The molecule has 0 spiro atoms. The van der Waals surface area contributed by atoms with Crippen LogP contribution < -0.4 is 0 Å². The van der Waals surface area contributed by atoms with Crippen LogP contribution in [0.3, 0.4) is 0 Å². The van der Waals surface area contributed by atoms with E-state index in [-0.39, 0.29) is 4.84 Å². The second-order valence-electron chi connectivity index (χ2n) is 3.30. The molecule has 0 aliphatic rings. The molecule has 0 bridgehead atoms. The second-order valence-corrected chi connectivity index (χ2v) is 3.67. The van der Waals surface area contributed by atoms with Crippen molar-refractivity contribution < 1.29 is 4.42 Å². The minimum Gasteiger partial charge on any atom is -0.409 e. The molecule has 0 saturated heterocycles. The molecule has 78 valence electrons. The van der Waals surface area contributed by atoms with Gasteiger partial charge < -0.3 is 4.42 Å². The summed E-state index contributed by atoms with van der Waals surface area (Å²) in [6.07, 6.45) is 1.74. The van der Waals surface area contributed by atoms with E-state index < -0.39 is 0 Å². The Hall–Kier alpha value is -2.01. The summed E-state index contributed by atoms with van der Waals surface area (Å²) in [5.74, 6) is 0.467. The van der Waals surface area contributed by atoms with Crippen LogP contribution in [0.2, 0.25) is 0 Å². The molecule has 0 radical (unpaired) electrons. The first-order valence-corrected chi connectivity index (χ1v) is 5.15. The highest BCUT2D eigenvalue weighted by Gasteiger charge is 2.08. The van der Waals surface area contributed by atoms with Crippen LogP contribution in [0.5, 0.6) is 0 Å². The van der Waals surface area contributed by atoms with Gasteiger partial charge in [-0.25, -0.2) is 5.10 Å². The lowest BCUT2D eigenvalue weighted by Crippen LogP contribution is -1.84. The van der Waals surface area contributed by atoms with Crippen molar-refractivity contribution in [3.8, 4) is 11.5 Å². The van der Waals surface area contributed by atoms with Gasteiger partial charge in [0.2, 0.25) is 5.89 Å². The Kier molecular flexibility index (Phi) is 2.04. The van der Waals surface area contributed by atoms with Crippen LogP contribution in [0, 0.1) is 4.84 Å². The van der Waals surface area contributed by atoms with E-state index in [1.165, 1.54) is 0 Å². The second kappa shape index (κ2) is 3.53. The molecule has 0 atom stereocenters. The van der Waals surface area contributed by atoms with Crippen LogP contribution in [-0.4, -0.2) is 15.2 Å². The van der Waals surface area contributed by atoms with Gasteiger partial charge in [0.25, 0.3) is 4.84 Å². The number of fused-ring (bicyclic) bond motifs is 1. The van der Waals surface area contributed by atoms with Gasteiger partial charge >= 0.3 is 0 Å². The maximum absolute atomic E-state index is 5.29. The number of aromatic nitrogens is 3. The number of rotatable bonds is 1. The van der Waals surface area contributed by atoms with Crippen LogP contribution in [0.1, 0.15) is 0 Å². The Balaban J connectivity index is 2.35. The molecular formula is C11H7N3OS. The molecular weight excluding hydrogens is 222 g/mol. The van der Waals surface area contributed by atoms with Crippen LogP contribution in [0.25, 0.3) is 22.4 Å². The van der Waals surface area contributed by atoms with Gasteiger partial charge in [0.15, 0.2) is 0 Å². The van der Waals surface area contributed by atoms with Crippen LogP contribution in [-0.2, 0) is 0 Å². The van der Waals surface area contributed by atoms with Crippen molar-refractivity contribution in [2.75, 3.05) is 0 Å². The third-order valence-corrected chi connectivity index (χ3v) is 2.48. The van der Waals surface area contributed by atoms with Crippen molar-refractivity contribution in [1.82, 2.24) is 15.2 Å². The van der Waals surface area contributed by atoms with Gasteiger partial charge in [-0.1, -0.05) is 18.2 Å². The summed E-state index contributed by atoms with van der Waals surface area (Å²) >= 11 is 4.85. The fraction of sp³-hybridized carbons (Fsp3) is 0. The first-order valence-electron chi connectivity index (χ1n) is 4.74. The number of para-hydroxylation sites is 1. The van der Waals surface area contributed by atoms with Crippen molar-refractivity contribution in [2.24, 2.45) is 0 Å². The summed E-state index contributed by atoms with van der Waals surface area (Å²) in [7, 11) is 0. The topological polar surface area (TPSA) is 54.7 Å². The van der Waals surface area contributed by atoms with E-state index >= 15 is 0 Å². The van der Waals surface area contributed by atoms with E-state index in [1.54, 1.807) is 6.20 Å². The Morgan fingerprint density at radius 3 is 2.88 bits per heavy atom. The molecule has 5 heteroatoms. The average Bonchev–Trinajstić information content (AvgIpc) is 2.75. The number of nitrogens with zero attached hydrogens (tertiary/aromatic N) is 2. The highest BCUT2D eigenvalue weighted by molar-refractivity contribution is 7.71. The summed E-state index contributed by atoms with van der Waals surface area (Å²) in [5.41, 5.74) is 1.70. The molecule has 1 aromatic carbocycles. The predicted octanol–water partition coefficient (Wildman–Crippen LogP) is 2.95. The highest BCUT2D eigenvalue weighted by Crippen LogP contribution is 2.24. The molecule has 3 aromatic rings. The van der Waals surface area contributed by atoms with Gasteiger partial charge in [0, 0.05) is 11.6 Å². The van der Waals surface area contributed by atoms with Crippen molar-refractivity contribution in [1.29, 1.82) is 0 Å². The molecule has 0 aliphatic heterocycles. The van der Waals surface area contributed by atoms with Crippen molar-refractivity contribution in [3.63, 3.8) is 0 Å². The van der Waals surface area contributed by atoms with Crippen LogP contribution in [0.4, 0.5) is 0 Å². The minimum atomic E-state index is 0.267. The molecule has 16 heavy (non-hydrogen) atoms. The van der Waals surface area contributed by atoms with E-state index in [2.05, 4.69) is 15.2 Å². The molecule has 2 aromatic heterocycles. The summed E-state index contributed by atoms with van der Waals surface area (Å²) in [6.45, 7) is 0. The molecule has 3 rings (SSSR count). The molecule has 0 aliphatic carbocycles. The number of H-pyrrole nitrogens is 1. The summed E-state index contributed by atoms with van der Waals surface area (Å²) in [4.78, 5) is 4.59. The van der Waals surface area contributed by atoms with E-state index in [1.807, 2.05) is 30.3 Å². The molecule has 1 N–H and O–H groups in total. The average molecular weight is 229 g/mol. The highest BCUT2D eigenvalue weighted by atomic mass is 32.1. The maximum atomic E-state index is 5.29. The number of hydrogen-bond donors (Lipinski definition) is 1. The Morgan fingerprint density at radius 1 is 1.19 bits per heavy atom. The van der Waals surface area contributed by atoms with E-state index in [9.17, 15) is 0 Å². The minimum absolute atomic E-state index is 0.267. The molecule has 0 saturated carbocycles. The summed E-state index contributed by atoms with van der Waals surface area (Å²) in [6, 6.07) is 9.73. The smallest absolute Gasteiger partial charge is 0.284 e. The largest absolute Gasteiger partial charge is 0.409 e. The zero-order valence-electron chi connectivity index (χ0n) is 8.18. The number of pyridine rings is 1. The van der Waals surface area contributed by atoms with Gasteiger partial charge in [-0.3, -0.25) is 4.98 Å². The first kappa shape index (κ1) is 9.23. The maximum Gasteiger partial charge on any atom is 0.284 e. The third kappa shape index (κ3) is 1.42. The molecule has 0 amide bonds. The fourth-order valence-electron chi connectivity index (χ4n) is 1.62. The lowest BCUT2D eigenvalue weighted by Gasteiger charge is -2.00. The SMILES string of the molecule is S=c1[nH]nc(-c2cccc3cccnc23)o1. The van der Waals surface area contributed by atoms with Crippen LogP contribution >= 0.6 is 12.2 Å². The third-order valence-electron chi connectivity index (χ3n) is 2.30. The Labute approximate surface area is 96.0 Å². The number of nitrogens with one attached hydrogen (secondary N) is 1. The van der Waals surface area contributed by atoms with E-state index in [0.717, 1.165) is 16.5 Å². The number of hydrogen-bond acceptors (Lipinski definition) is 4. The summed E-state index contributed by atoms with van der Waals surface area (Å²) < 4.78 is 5.29. The summed E-state index contributed by atoms with van der Waals surface area (Å²) in [5, 5.41) is 7.65. The van der Waals surface area contributed by atoms with Crippen molar-refractivity contribution in [3.05, 3.63) is 41.4 Å². The van der Waals surface area contributed by atoms with Gasteiger partial charge in [-0.2, -0.15) is 0 Å². The van der Waals surface area contributed by atoms with Gasteiger partial charge in [0.05, 0.1) is 11.1 Å². The van der Waals surface area contributed by atoms with Crippen molar-refractivity contribution >= 4 is 23.1 Å². The molecule has 0 unspecified atom stereocenters. The fourth-order valence-corrected chi connectivity index (χ4v) is 1.75. The standard InChI is InChI=1S/C11H7N3OS/c16-11-14-13-10(15-11)8-5-1-3-7-4-2-6-12-9(7)8/h1-6H,(H,14,16). The lowest BCUT2D eigenvalue weighted by molar-refractivity contribution is 0.552. The van der Waals surface area contributed by atoms with E-state index in [4.69, 9.17) is 16.6 Å². The van der Waals surface area contributed by atoms with Gasteiger partial charge in [-0.15, -0.1) is 5.10 Å². The molecule has 4 nitrogen and oxygen atoms in total. The molecule has 2 heterocycles. The monoisotopic (exact) mass is 229 g/mol. The zero-order valence-corrected chi connectivity index (χ0v) is 8.99. The lowest BCUT2D eigenvalue weighted by atomic mass is 10.1.